The second kappa shape index (κ2) is 14.2. The number of halogens is 1. The first kappa shape index (κ1) is 27.9. The maximum Gasteiger partial charge on any atom is 0.243 e. The minimum Gasteiger partial charge on any atom is -0.352 e. The molecular weight excluding hydrogens is 492 g/mol. The molecule has 0 aromatic heterocycles. The number of nitrogens with one attached hydrogen (secondary N) is 1. The third-order valence-corrected chi connectivity index (χ3v) is 7.80. The summed E-state index contributed by atoms with van der Waals surface area (Å²) in [4.78, 5) is 29.5. The summed E-state index contributed by atoms with van der Waals surface area (Å²) in [5.41, 5.74) is 4.42. The summed E-state index contributed by atoms with van der Waals surface area (Å²) in [6.45, 7) is 2.50. The minimum atomic E-state index is -0.593. The molecule has 1 aliphatic carbocycles. The number of hydrogen-bond acceptors (Lipinski definition) is 2. The van der Waals surface area contributed by atoms with Gasteiger partial charge in [0.15, 0.2) is 0 Å². The SMILES string of the molecule is CCc1ccc(CCC(=O)N(Cc2ccc(Cl)cc2)[C@H](Cc2ccccc2)C(=O)NC2CCCCC2)cc1. The molecule has 1 fully saturated rings. The maximum absolute atomic E-state index is 13.9. The Morgan fingerprint density at radius 1 is 0.842 bits per heavy atom. The molecule has 3 aromatic rings. The molecule has 0 spiro atoms. The van der Waals surface area contributed by atoms with Crippen molar-refractivity contribution in [2.75, 3.05) is 0 Å². The molecule has 0 aliphatic heterocycles. The highest BCUT2D eigenvalue weighted by Gasteiger charge is 2.31. The summed E-state index contributed by atoms with van der Waals surface area (Å²) < 4.78 is 0. The van der Waals surface area contributed by atoms with Crippen LogP contribution in [-0.2, 0) is 35.4 Å². The normalized spacial score (nSPS) is 14.6. The molecule has 0 heterocycles. The van der Waals surface area contributed by atoms with Gasteiger partial charge >= 0.3 is 0 Å². The van der Waals surface area contributed by atoms with Crippen LogP contribution in [0.3, 0.4) is 0 Å². The lowest BCUT2D eigenvalue weighted by atomic mass is 9.94. The monoisotopic (exact) mass is 530 g/mol. The average molecular weight is 531 g/mol. The molecular formula is C33H39ClN2O2. The van der Waals surface area contributed by atoms with Crippen LogP contribution in [-0.4, -0.2) is 28.8 Å². The van der Waals surface area contributed by atoms with Crippen molar-refractivity contribution in [1.29, 1.82) is 0 Å². The van der Waals surface area contributed by atoms with Gasteiger partial charge < -0.3 is 10.2 Å². The lowest BCUT2D eigenvalue weighted by Crippen LogP contribution is -2.52. The Bertz CT molecular complexity index is 1160. The summed E-state index contributed by atoms with van der Waals surface area (Å²) in [6, 6.07) is 25.6. The summed E-state index contributed by atoms with van der Waals surface area (Å²) in [6.07, 6.45) is 7.96. The highest BCUT2D eigenvalue weighted by Crippen LogP contribution is 2.21. The van der Waals surface area contributed by atoms with E-state index in [1.807, 2.05) is 54.6 Å². The number of rotatable bonds is 11. The lowest BCUT2D eigenvalue weighted by molar-refractivity contribution is -0.141. The van der Waals surface area contributed by atoms with Crippen molar-refractivity contribution in [3.63, 3.8) is 0 Å². The lowest BCUT2D eigenvalue weighted by Gasteiger charge is -2.33. The summed E-state index contributed by atoms with van der Waals surface area (Å²) in [7, 11) is 0. The van der Waals surface area contributed by atoms with Crippen molar-refractivity contribution in [3.8, 4) is 0 Å². The Morgan fingerprint density at radius 2 is 1.47 bits per heavy atom. The van der Waals surface area contributed by atoms with Gasteiger partial charge in [0.25, 0.3) is 0 Å². The van der Waals surface area contributed by atoms with Crippen LogP contribution < -0.4 is 5.32 Å². The van der Waals surface area contributed by atoms with Gasteiger partial charge in [0.1, 0.15) is 6.04 Å². The molecule has 3 aromatic carbocycles. The molecule has 4 rings (SSSR count). The van der Waals surface area contributed by atoms with Gasteiger partial charge in [-0.25, -0.2) is 0 Å². The van der Waals surface area contributed by atoms with E-state index >= 15 is 0 Å². The zero-order chi connectivity index (χ0) is 26.7. The van der Waals surface area contributed by atoms with Crippen LogP contribution in [0.1, 0.15) is 67.7 Å². The quantitative estimate of drug-likeness (QED) is 0.292. The molecule has 0 unspecified atom stereocenters. The van der Waals surface area contributed by atoms with E-state index in [2.05, 4.69) is 36.5 Å². The van der Waals surface area contributed by atoms with Crippen LogP contribution in [0.25, 0.3) is 0 Å². The van der Waals surface area contributed by atoms with E-state index in [-0.39, 0.29) is 17.9 Å². The van der Waals surface area contributed by atoms with Gasteiger partial charge in [0.05, 0.1) is 0 Å². The fourth-order valence-corrected chi connectivity index (χ4v) is 5.35. The minimum absolute atomic E-state index is 0.0146. The van der Waals surface area contributed by atoms with Crippen LogP contribution in [0.2, 0.25) is 5.02 Å². The molecule has 0 radical (unpaired) electrons. The zero-order valence-corrected chi connectivity index (χ0v) is 23.1. The molecule has 5 heteroatoms. The van der Waals surface area contributed by atoms with Gasteiger partial charge in [-0.1, -0.05) is 105 Å². The predicted molar refractivity (Wildman–Crippen MR) is 155 cm³/mol. The fraction of sp³-hybridized carbons (Fsp3) is 0.394. The predicted octanol–water partition coefficient (Wildman–Crippen LogP) is 6.92. The van der Waals surface area contributed by atoms with E-state index in [9.17, 15) is 9.59 Å². The van der Waals surface area contributed by atoms with Gasteiger partial charge in [-0.2, -0.15) is 0 Å². The topological polar surface area (TPSA) is 49.4 Å². The number of aryl methyl sites for hydroxylation is 2. The Labute approximate surface area is 232 Å². The van der Waals surface area contributed by atoms with Crippen molar-refractivity contribution in [1.82, 2.24) is 10.2 Å². The number of amides is 2. The molecule has 0 bridgehead atoms. The Kier molecular flexibility index (Phi) is 10.4. The summed E-state index contributed by atoms with van der Waals surface area (Å²) in [5.74, 6) is -0.0744. The first-order chi connectivity index (χ1) is 18.5. The average Bonchev–Trinajstić information content (AvgIpc) is 2.96. The summed E-state index contributed by atoms with van der Waals surface area (Å²) >= 11 is 6.13. The van der Waals surface area contributed by atoms with Crippen LogP contribution in [0.15, 0.2) is 78.9 Å². The van der Waals surface area contributed by atoms with E-state index in [4.69, 9.17) is 11.6 Å². The number of nitrogens with zero attached hydrogens (tertiary/aromatic N) is 1. The van der Waals surface area contributed by atoms with Crippen LogP contribution >= 0.6 is 11.6 Å². The first-order valence-corrected chi connectivity index (χ1v) is 14.4. The highest BCUT2D eigenvalue weighted by atomic mass is 35.5. The van der Waals surface area contributed by atoms with E-state index < -0.39 is 6.04 Å². The van der Waals surface area contributed by atoms with Crippen LogP contribution in [0.5, 0.6) is 0 Å². The van der Waals surface area contributed by atoms with E-state index in [0.29, 0.717) is 30.8 Å². The molecule has 4 nitrogen and oxygen atoms in total. The zero-order valence-electron chi connectivity index (χ0n) is 22.4. The van der Waals surface area contributed by atoms with Gasteiger partial charge in [-0.05, 0) is 60.1 Å². The van der Waals surface area contributed by atoms with Crippen molar-refractivity contribution >= 4 is 23.4 Å². The molecule has 38 heavy (non-hydrogen) atoms. The standard InChI is InChI=1S/C33H39ClN2O2/c1-2-25-13-15-26(16-14-25)19-22-32(37)36(24-28-17-20-29(34)21-18-28)31(23-27-9-5-3-6-10-27)33(38)35-30-11-7-4-8-12-30/h3,5-6,9-10,13-18,20-21,30-31H,2,4,7-8,11-12,19,22-24H2,1H3,(H,35,38)/t31-/m1/s1. The fourth-order valence-electron chi connectivity index (χ4n) is 5.22. The molecule has 0 saturated heterocycles. The number of carbonyl (C=O) groups is 2. The van der Waals surface area contributed by atoms with Crippen LogP contribution in [0.4, 0.5) is 0 Å². The third-order valence-electron chi connectivity index (χ3n) is 7.55. The van der Waals surface area contributed by atoms with Gasteiger partial charge in [0, 0.05) is 30.5 Å². The Hall–Kier alpha value is -3.11. The largest absolute Gasteiger partial charge is 0.352 e. The maximum atomic E-state index is 13.9. The Morgan fingerprint density at radius 3 is 2.13 bits per heavy atom. The number of hydrogen-bond donors (Lipinski definition) is 1. The van der Waals surface area contributed by atoms with Crippen molar-refractivity contribution < 1.29 is 9.59 Å². The molecule has 200 valence electrons. The van der Waals surface area contributed by atoms with Crippen molar-refractivity contribution in [2.45, 2.75) is 83.3 Å². The Balaban J connectivity index is 1.58. The van der Waals surface area contributed by atoms with Crippen LogP contribution in [0, 0.1) is 0 Å². The summed E-state index contributed by atoms with van der Waals surface area (Å²) in [5, 5.41) is 3.95. The second-order valence-corrected chi connectivity index (χ2v) is 10.8. The second-order valence-electron chi connectivity index (χ2n) is 10.4. The van der Waals surface area contributed by atoms with Gasteiger partial charge in [0.2, 0.25) is 11.8 Å². The molecule has 1 aliphatic rings. The molecule has 1 N–H and O–H groups in total. The molecule has 1 saturated carbocycles. The van der Waals surface area contributed by atoms with Gasteiger partial charge in [-0.3, -0.25) is 9.59 Å². The van der Waals surface area contributed by atoms with E-state index in [0.717, 1.165) is 48.8 Å². The third kappa shape index (κ3) is 8.19. The van der Waals surface area contributed by atoms with Gasteiger partial charge in [-0.15, -0.1) is 0 Å². The number of benzene rings is 3. The van der Waals surface area contributed by atoms with E-state index in [1.165, 1.54) is 12.0 Å². The first-order valence-electron chi connectivity index (χ1n) is 14.0. The van der Waals surface area contributed by atoms with Crippen molar-refractivity contribution in [2.24, 2.45) is 0 Å². The molecule has 2 amide bonds. The number of carbonyl (C=O) groups excluding carboxylic acids is 2. The smallest absolute Gasteiger partial charge is 0.243 e. The molecule has 1 atom stereocenters. The van der Waals surface area contributed by atoms with E-state index in [1.54, 1.807) is 4.90 Å². The highest BCUT2D eigenvalue weighted by molar-refractivity contribution is 6.30. The van der Waals surface area contributed by atoms with Crippen molar-refractivity contribution in [3.05, 3.63) is 106 Å².